The van der Waals surface area contributed by atoms with Gasteiger partial charge in [0, 0.05) is 25.6 Å². The summed E-state index contributed by atoms with van der Waals surface area (Å²) in [5.41, 5.74) is 1.01. The van der Waals surface area contributed by atoms with Crippen LogP contribution >= 0.6 is 0 Å². The highest BCUT2D eigenvalue weighted by Crippen LogP contribution is 2.20. The number of benzene rings is 1. The molecule has 1 saturated carbocycles. The number of rotatable bonds is 6. The predicted octanol–water partition coefficient (Wildman–Crippen LogP) is 3.24. The second-order valence-electron chi connectivity index (χ2n) is 7.54. The Labute approximate surface area is 157 Å². The SMILES string of the molecule is O=C(CCc1ccc(S(=O)(=O)NC2CCCCC2)cc1)N1CCCCC1. The van der Waals surface area contributed by atoms with Gasteiger partial charge in [-0.15, -0.1) is 0 Å². The van der Waals surface area contributed by atoms with Crippen molar-refractivity contribution in [1.29, 1.82) is 0 Å². The summed E-state index contributed by atoms with van der Waals surface area (Å²) in [6, 6.07) is 7.05. The predicted molar refractivity (Wildman–Crippen MR) is 102 cm³/mol. The third kappa shape index (κ3) is 5.30. The maximum absolute atomic E-state index is 12.5. The van der Waals surface area contributed by atoms with E-state index in [1.807, 2.05) is 17.0 Å². The standard InChI is InChI=1S/C20H30N2O3S/c23-20(22-15-5-2-6-16-22)14-11-17-9-12-19(13-10-17)26(24,25)21-18-7-3-1-4-8-18/h9-10,12-13,18,21H,1-8,11,14-16H2. The number of hydrogen-bond donors (Lipinski definition) is 1. The molecule has 26 heavy (non-hydrogen) atoms. The highest BCUT2D eigenvalue weighted by Gasteiger charge is 2.22. The molecule has 1 heterocycles. The quantitative estimate of drug-likeness (QED) is 0.826. The number of likely N-dealkylation sites (tertiary alicyclic amines) is 1. The molecule has 1 amide bonds. The zero-order chi connectivity index (χ0) is 18.4. The molecule has 5 nitrogen and oxygen atoms in total. The molecular weight excluding hydrogens is 348 g/mol. The highest BCUT2D eigenvalue weighted by atomic mass is 32.2. The first-order chi connectivity index (χ1) is 12.5. The minimum Gasteiger partial charge on any atom is -0.343 e. The number of nitrogens with zero attached hydrogens (tertiary/aromatic N) is 1. The Morgan fingerprint density at radius 3 is 2.23 bits per heavy atom. The Kier molecular flexibility index (Phi) is 6.70. The Balaban J connectivity index is 1.53. The first-order valence-electron chi connectivity index (χ1n) is 9.94. The van der Waals surface area contributed by atoms with Crippen molar-refractivity contribution in [2.45, 2.75) is 75.1 Å². The van der Waals surface area contributed by atoms with Gasteiger partial charge in [0.15, 0.2) is 0 Å². The van der Waals surface area contributed by atoms with E-state index >= 15 is 0 Å². The van der Waals surface area contributed by atoms with Crippen LogP contribution in [-0.2, 0) is 21.2 Å². The molecular formula is C20H30N2O3S. The molecule has 1 aliphatic carbocycles. The van der Waals surface area contributed by atoms with Crippen LogP contribution in [0.25, 0.3) is 0 Å². The second-order valence-corrected chi connectivity index (χ2v) is 9.26. The Morgan fingerprint density at radius 1 is 0.962 bits per heavy atom. The third-order valence-electron chi connectivity index (χ3n) is 5.50. The molecule has 1 saturated heterocycles. The van der Waals surface area contributed by atoms with E-state index in [-0.39, 0.29) is 11.9 Å². The summed E-state index contributed by atoms with van der Waals surface area (Å²) in [5.74, 6) is 0.209. The van der Waals surface area contributed by atoms with Gasteiger partial charge in [0.25, 0.3) is 0 Å². The molecule has 6 heteroatoms. The summed E-state index contributed by atoms with van der Waals surface area (Å²) in [7, 11) is -3.45. The monoisotopic (exact) mass is 378 g/mol. The van der Waals surface area contributed by atoms with Crippen LogP contribution in [0.3, 0.4) is 0 Å². The van der Waals surface area contributed by atoms with E-state index in [9.17, 15) is 13.2 Å². The number of carbonyl (C=O) groups is 1. The van der Waals surface area contributed by atoms with E-state index in [2.05, 4.69) is 4.72 Å². The van der Waals surface area contributed by atoms with E-state index in [4.69, 9.17) is 0 Å². The molecule has 144 valence electrons. The lowest BCUT2D eigenvalue weighted by Crippen LogP contribution is -2.36. The molecule has 0 aromatic heterocycles. The lowest BCUT2D eigenvalue weighted by atomic mass is 9.96. The van der Waals surface area contributed by atoms with Crippen molar-refractivity contribution in [3.63, 3.8) is 0 Å². The molecule has 0 spiro atoms. The van der Waals surface area contributed by atoms with Gasteiger partial charge in [-0.25, -0.2) is 13.1 Å². The normalized spacial score (nSPS) is 19.5. The van der Waals surface area contributed by atoms with Crippen LogP contribution in [-0.4, -0.2) is 38.4 Å². The minimum absolute atomic E-state index is 0.0654. The number of carbonyl (C=O) groups excluding carboxylic acids is 1. The van der Waals surface area contributed by atoms with Crippen molar-refractivity contribution in [3.05, 3.63) is 29.8 Å². The largest absolute Gasteiger partial charge is 0.343 e. The summed E-state index contributed by atoms with van der Waals surface area (Å²) in [4.78, 5) is 14.5. The Morgan fingerprint density at radius 2 is 1.58 bits per heavy atom. The number of hydrogen-bond acceptors (Lipinski definition) is 3. The van der Waals surface area contributed by atoms with Gasteiger partial charge in [0.05, 0.1) is 4.90 Å². The molecule has 1 aliphatic heterocycles. The van der Waals surface area contributed by atoms with Crippen LogP contribution in [0.2, 0.25) is 0 Å². The number of piperidine rings is 1. The zero-order valence-corrected chi connectivity index (χ0v) is 16.3. The fraction of sp³-hybridized carbons (Fsp3) is 0.650. The van der Waals surface area contributed by atoms with Gasteiger partial charge in [0.1, 0.15) is 0 Å². The maximum atomic E-state index is 12.5. The number of sulfonamides is 1. The molecule has 2 aliphatic rings. The van der Waals surface area contributed by atoms with Crippen molar-refractivity contribution in [1.82, 2.24) is 9.62 Å². The zero-order valence-electron chi connectivity index (χ0n) is 15.5. The van der Waals surface area contributed by atoms with Gasteiger partial charge in [-0.05, 0) is 56.2 Å². The van der Waals surface area contributed by atoms with Gasteiger partial charge in [-0.1, -0.05) is 31.4 Å². The topological polar surface area (TPSA) is 66.5 Å². The first kappa shape index (κ1) is 19.4. The van der Waals surface area contributed by atoms with Gasteiger partial charge in [-0.3, -0.25) is 4.79 Å². The fourth-order valence-electron chi connectivity index (χ4n) is 3.90. The van der Waals surface area contributed by atoms with Crippen molar-refractivity contribution < 1.29 is 13.2 Å². The molecule has 3 rings (SSSR count). The highest BCUT2D eigenvalue weighted by molar-refractivity contribution is 7.89. The number of aryl methyl sites for hydroxylation is 1. The molecule has 0 atom stereocenters. The van der Waals surface area contributed by atoms with Gasteiger partial charge in [0.2, 0.25) is 15.9 Å². The van der Waals surface area contributed by atoms with E-state index in [0.717, 1.165) is 57.2 Å². The maximum Gasteiger partial charge on any atom is 0.240 e. The average Bonchev–Trinajstić information content (AvgIpc) is 2.67. The van der Waals surface area contributed by atoms with Crippen molar-refractivity contribution >= 4 is 15.9 Å². The second kappa shape index (κ2) is 9.00. The molecule has 1 aromatic carbocycles. The minimum atomic E-state index is -3.45. The summed E-state index contributed by atoms with van der Waals surface area (Å²) in [6.45, 7) is 1.76. The third-order valence-corrected chi connectivity index (χ3v) is 7.03. The lowest BCUT2D eigenvalue weighted by Gasteiger charge is -2.26. The van der Waals surface area contributed by atoms with Gasteiger partial charge in [-0.2, -0.15) is 0 Å². The first-order valence-corrected chi connectivity index (χ1v) is 11.4. The van der Waals surface area contributed by atoms with Crippen molar-refractivity contribution in [2.75, 3.05) is 13.1 Å². The van der Waals surface area contributed by atoms with Crippen LogP contribution in [0.4, 0.5) is 0 Å². The summed E-state index contributed by atoms with van der Waals surface area (Å²) >= 11 is 0. The molecule has 0 unspecified atom stereocenters. The van der Waals surface area contributed by atoms with Gasteiger partial charge < -0.3 is 4.90 Å². The van der Waals surface area contributed by atoms with Gasteiger partial charge >= 0.3 is 0 Å². The summed E-state index contributed by atoms with van der Waals surface area (Å²) < 4.78 is 27.9. The number of nitrogens with one attached hydrogen (secondary N) is 1. The molecule has 2 fully saturated rings. The Bertz CT molecular complexity index is 688. The summed E-state index contributed by atoms with van der Waals surface area (Å²) in [6.07, 6.45) is 9.81. The fourth-order valence-corrected chi connectivity index (χ4v) is 5.20. The molecule has 0 radical (unpaired) electrons. The van der Waals surface area contributed by atoms with E-state index in [1.54, 1.807) is 12.1 Å². The smallest absolute Gasteiger partial charge is 0.240 e. The lowest BCUT2D eigenvalue weighted by molar-refractivity contribution is -0.132. The van der Waals surface area contributed by atoms with E-state index in [1.165, 1.54) is 12.8 Å². The Hall–Kier alpha value is -1.40. The molecule has 1 N–H and O–H groups in total. The summed E-state index contributed by atoms with van der Waals surface area (Å²) in [5, 5.41) is 0. The van der Waals surface area contributed by atoms with Crippen LogP contribution in [0.15, 0.2) is 29.2 Å². The molecule has 0 bridgehead atoms. The van der Waals surface area contributed by atoms with Crippen LogP contribution in [0, 0.1) is 0 Å². The van der Waals surface area contributed by atoms with E-state index in [0.29, 0.717) is 17.7 Å². The number of amides is 1. The van der Waals surface area contributed by atoms with Crippen LogP contribution in [0.5, 0.6) is 0 Å². The van der Waals surface area contributed by atoms with Crippen molar-refractivity contribution in [3.8, 4) is 0 Å². The van der Waals surface area contributed by atoms with Crippen LogP contribution in [0.1, 0.15) is 63.4 Å². The average molecular weight is 379 g/mol. The van der Waals surface area contributed by atoms with Crippen LogP contribution < -0.4 is 4.72 Å². The van der Waals surface area contributed by atoms with E-state index < -0.39 is 10.0 Å². The van der Waals surface area contributed by atoms with Crippen molar-refractivity contribution in [2.24, 2.45) is 0 Å². The molecule has 1 aromatic rings.